The summed E-state index contributed by atoms with van der Waals surface area (Å²) in [5.41, 5.74) is 2.62. The fourth-order valence-electron chi connectivity index (χ4n) is 2.71. The molecule has 3 heteroatoms. The SMILES string of the molecule is CCc1c(OC)ccc(OC)c1C1CCNC1. The van der Waals surface area contributed by atoms with Gasteiger partial charge in [0.1, 0.15) is 11.5 Å². The molecule has 94 valence electrons. The van der Waals surface area contributed by atoms with Crippen molar-refractivity contribution in [1.82, 2.24) is 5.32 Å². The summed E-state index contributed by atoms with van der Waals surface area (Å²) in [4.78, 5) is 0. The molecule has 1 saturated heterocycles. The molecule has 2 rings (SSSR count). The van der Waals surface area contributed by atoms with Gasteiger partial charge in [0.2, 0.25) is 0 Å². The van der Waals surface area contributed by atoms with Crippen LogP contribution in [0.4, 0.5) is 0 Å². The number of methoxy groups -OCH3 is 2. The van der Waals surface area contributed by atoms with E-state index in [1.807, 2.05) is 12.1 Å². The third kappa shape index (κ3) is 2.25. The molecule has 1 atom stereocenters. The molecule has 0 bridgehead atoms. The van der Waals surface area contributed by atoms with Crippen LogP contribution in [-0.4, -0.2) is 27.3 Å². The van der Waals surface area contributed by atoms with Gasteiger partial charge in [0.05, 0.1) is 14.2 Å². The number of nitrogens with one attached hydrogen (secondary N) is 1. The normalized spacial score (nSPS) is 19.4. The van der Waals surface area contributed by atoms with E-state index in [9.17, 15) is 0 Å². The Morgan fingerprint density at radius 1 is 1.24 bits per heavy atom. The first-order valence-corrected chi connectivity index (χ1v) is 6.26. The van der Waals surface area contributed by atoms with E-state index in [1.165, 1.54) is 17.5 Å². The highest BCUT2D eigenvalue weighted by Crippen LogP contribution is 2.38. The predicted octanol–water partition coefficient (Wildman–Crippen LogP) is 2.34. The first-order chi connectivity index (χ1) is 8.31. The lowest BCUT2D eigenvalue weighted by Crippen LogP contribution is -2.11. The molecule has 0 radical (unpaired) electrons. The van der Waals surface area contributed by atoms with E-state index in [0.29, 0.717) is 5.92 Å². The van der Waals surface area contributed by atoms with Crippen LogP contribution in [0.15, 0.2) is 12.1 Å². The van der Waals surface area contributed by atoms with Crippen LogP contribution >= 0.6 is 0 Å². The molecule has 0 aromatic heterocycles. The van der Waals surface area contributed by atoms with Gasteiger partial charge in [-0.3, -0.25) is 0 Å². The number of benzene rings is 1. The first kappa shape index (κ1) is 12.2. The molecule has 0 saturated carbocycles. The van der Waals surface area contributed by atoms with Crippen LogP contribution in [0, 0.1) is 0 Å². The molecular formula is C14H21NO2. The molecule has 17 heavy (non-hydrogen) atoms. The second-order valence-electron chi connectivity index (χ2n) is 4.41. The second-order valence-corrected chi connectivity index (χ2v) is 4.41. The van der Waals surface area contributed by atoms with Crippen LogP contribution in [0.2, 0.25) is 0 Å². The lowest BCUT2D eigenvalue weighted by molar-refractivity contribution is 0.391. The van der Waals surface area contributed by atoms with Gasteiger partial charge >= 0.3 is 0 Å². The molecule has 0 aliphatic carbocycles. The van der Waals surface area contributed by atoms with E-state index in [1.54, 1.807) is 14.2 Å². The van der Waals surface area contributed by atoms with Crippen molar-refractivity contribution in [3.05, 3.63) is 23.3 Å². The fourth-order valence-corrected chi connectivity index (χ4v) is 2.71. The molecular weight excluding hydrogens is 214 g/mol. The van der Waals surface area contributed by atoms with Crippen molar-refractivity contribution in [2.75, 3.05) is 27.3 Å². The smallest absolute Gasteiger partial charge is 0.122 e. The molecule has 1 heterocycles. The Morgan fingerprint density at radius 2 is 1.94 bits per heavy atom. The van der Waals surface area contributed by atoms with E-state index in [4.69, 9.17) is 9.47 Å². The zero-order chi connectivity index (χ0) is 12.3. The molecule has 1 aromatic carbocycles. The Morgan fingerprint density at radius 3 is 2.47 bits per heavy atom. The quantitative estimate of drug-likeness (QED) is 0.869. The molecule has 0 spiro atoms. The predicted molar refractivity (Wildman–Crippen MR) is 69.2 cm³/mol. The Balaban J connectivity index is 2.49. The number of rotatable bonds is 4. The summed E-state index contributed by atoms with van der Waals surface area (Å²) in [5, 5.41) is 3.41. The van der Waals surface area contributed by atoms with Gasteiger partial charge in [0.25, 0.3) is 0 Å². The minimum absolute atomic E-state index is 0.551. The van der Waals surface area contributed by atoms with Crippen LogP contribution in [0.1, 0.15) is 30.4 Å². The van der Waals surface area contributed by atoms with Crippen molar-refractivity contribution in [3.8, 4) is 11.5 Å². The maximum absolute atomic E-state index is 5.52. The standard InChI is InChI=1S/C14H21NO2/c1-4-11-12(16-2)5-6-13(17-3)14(11)10-7-8-15-9-10/h5-6,10,15H,4,7-9H2,1-3H3. The van der Waals surface area contributed by atoms with E-state index >= 15 is 0 Å². The highest BCUT2D eigenvalue weighted by Gasteiger charge is 2.24. The largest absolute Gasteiger partial charge is 0.496 e. The third-order valence-corrected chi connectivity index (χ3v) is 3.54. The van der Waals surface area contributed by atoms with Gasteiger partial charge < -0.3 is 14.8 Å². The molecule has 1 N–H and O–H groups in total. The number of hydrogen-bond acceptors (Lipinski definition) is 3. The monoisotopic (exact) mass is 235 g/mol. The molecule has 0 amide bonds. The summed E-state index contributed by atoms with van der Waals surface area (Å²) in [6.07, 6.45) is 2.16. The number of hydrogen-bond donors (Lipinski definition) is 1. The van der Waals surface area contributed by atoms with Crippen molar-refractivity contribution in [2.45, 2.75) is 25.7 Å². The van der Waals surface area contributed by atoms with Crippen LogP contribution in [-0.2, 0) is 6.42 Å². The Hall–Kier alpha value is -1.22. The van der Waals surface area contributed by atoms with Crippen LogP contribution in [0.25, 0.3) is 0 Å². The van der Waals surface area contributed by atoms with E-state index in [-0.39, 0.29) is 0 Å². The van der Waals surface area contributed by atoms with Gasteiger partial charge in [0.15, 0.2) is 0 Å². The van der Waals surface area contributed by atoms with Crippen molar-refractivity contribution >= 4 is 0 Å². The summed E-state index contributed by atoms with van der Waals surface area (Å²) in [6, 6.07) is 4.02. The third-order valence-electron chi connectivity index (χ3n) is 3.54. The van der Waals surface area contributed by atoms with Gasteiger partial charge in [-0.25, -0.2) is 0 Å². The van der Waals surface area contributed by atoms with E-state index in [2.05, 4.69) is 12.2 Å². The minimum Gasteiger partial charge on any atom is -0.496 e. The summed E-state index contributed by atoms with van der Waals surface area (Å²) in [5.74, 6) is 2.53. The van der Waals surface area contributed by atoms with E-state index in [0.717, 1.165) is 31.0 Å². The summed E-state index contributed by atoms with van der Waals surface area (Å²) >= 11 is 0. The molecule has 1 aliphatic rings. The zero-order valence-electron chi connectivity index (χ0n) is 10.9. The Kier molecular flexibility index (Phi) is 3.89. The molecule has 1 unspecified atom stereocenters. The van der Waals surface area contributed by atoms with Gasteiger partial charge in [-0.1, -0.05) is 6.92 Å². The van der Waals surface area contributed by atoms with Gasteiger partial charge in [-0.15, -0.1) is 0 Å². The van der Waals surface area contributed by atoms with Gasteiger partial charge in [-0.2, -0.15) is 0 Å². The Labute approximate surface area is 103 Å². The minimum atomic E-state index is 0.551. The van der Waals surface area contributed by atoms with E-state index < -0.39 is 0 Å². The topological polar surface area (TPSA) is 30.5 Å². The lowest BCUT2D eigenvalue weighted by atomic mass is 9.90. The number of ether oxygens (including phenoxy) is 2. The summed E-state index contributed by atoms with van der Waals surface area (Å²) < 4.78 is 11.0. The lowest BCUT2D eigenvalue weighted by Gasteiger charge is -2.20. The molecule has 1 fully saturated rings. The van der Waals surface area contributed by atoms with Gasteiger partial charge in [-0.05, 0) is 31.5 Å². The van der Waals surface area contributed by atoms with Crippen LogP contribution in [0.5, 0.6) is 11.5 Å². The molecule has 1 aromatic rings. The highest BCUT2D eigenvalue weighted by atomic mass is 16.5. The van der Waals surface area contributed by atoms with Crippen molar-refractivity contribution in [2.24, 2.45) is 0 Å². The first-order valence-electron chi connectivity index (χ1n) is 6.26. The average molecular weight is 235 g/mol. The molecule has 3 nitrogen and oxygen atoms in total. The van der Waals surface area contributed by atoms with Gasteiger partial charge in [0, 0.05) is 23.6 Å². The van der Waals surface area contributed by atoms with Crippen molar-refractivity contribution in [3.63, 3.8) is 0 Å². The maximum atomic E-state index is 5.52. The maximum Gasteiger partial charge on any atom is 0.122 e. The fraction of sp³-hybridized carbons (Fsp3) is 0.571. The van der Waals surface area contributed by atoms with Crippen LogP contribution < -0.4 is 14.8 Å². The Bertz CT molecular complexity index is 384. The highest BCUT2D eigenvalue weighted by molar-refractivity contribution is 5.51. The summed E-state index contributed by atoms with van der Waals surface area (Å²) in [7, 11) is 3.48. The van der Waals surface area contributed by atoms with Crippen molar-refractivity contribution in [1.29, 1.82) is 0 Å². The zero-order valence-corrected chi connectivity index (χ0v) is 10.9. The molecule has 1 aliphatic heterocycles. The van der Waals surface area contributed by atoms with Crippen LogP contribution in [0.3, 0.4) is 0 Å². The average Bonchev–Trinajstić information content (AvgIpc) is 2.90. The van der Waals surface area contributed by atoms with Crippen molar-refractivity contribution < 1.29 is 9.47 Å². The summed E-state index contributed by atoms with van der Waals surface area (Å²) in [6.45, 7) is 4.30. The second kappa shape index (κ2) is 5.41.